The zero-order chi connectivity index (χ0) is 25.3. The van der Waals surface area contributed by atoms with Crippen LogP contribution in [0.2, 0.25) is 0 Å². The molecule has 1 heterocycles. The zero-order valence-corrected chi connectivity index (χ0v) is 22.2. The van der Waals surface area contributed by atoms with Gasteiger partial charge < -0.3 is 14.4 Å². The van der Waals surface area contributed by atoms with Crippen LogP contribution >= 0.6 is 0 Å². The highest BCUT2D eigenvalue weighted by Gasteiger charge is 2.31. The van der Waals surface area contributed by atoms with Crippen molar-refractivity contribution in [3.63, 3.8) is 0 Å². The second-order valence-corrected chi connectivity index (χ2v) is 10.5. The van der Waals surface area contributed by atoms with Gasteiger partial charge in [-0.25, -0.2) is 0 Å². The van der Waals surface area contributed by atoms with Crippen LogP contribution in [0.5, 0.6) is 11.5 Å². The van der Waals surface area contributed by atoms with Crippen LogP contribution in [0.4, 0.5) is 0 Å². The topological polar surface area (TPSA) is 42.0 Å². The molecule has 194 valence electrons. The Hall–Kier alpha value is -2.79. The molecule has 0 N–H and O–H groups in total. The van der Waals surface area contributed by atoms with E-state index >= 15 is 0 Å². The maximum atomic E-state index is 13.9. The molecule has 2 aromatic carbocycles. The van der Waals surface area contributed by atoms with Gasteiger partial charge in [0.25, 0.3) is 5.91 Å². The predicted molar refractivity (Wildman–Crippen MR) is 147 cm³/mol. The molecule has 1 atom stereocenters. The Kier molecular flexibility index (Phi) is 9.46. The minimum absolute atomic E-state index is 0.0429. The molecule has 2 fully saturated rings. The van der Waals surface area contributed by atoms with Gasteiger partial charge in [-0.3, -0.25) is 9.69 Å². The summed E-state index contributed by atoms with van der Waals surface area (Å²) >= 11 is 0. The molecule has 1 saturated heterocycles. The summed E-state index contributed by atoms with van der Waals surface area (Å²) in [5.41, 5.74) is 2.97. The summed E-state index contributed by atoms with van der Waals surface area (Å²) in [6.07, 6.45) is 11.4. The lowest BCUT2D eigenvalue weighted by atomic mass is 9.89. The van der Waals surface area contributed by atoms with Crippen molar-refractivity contribution >= 4 is 12.0 Å². The van der Waals surface area contributed by atoms with Crippen molar-refractivity contribution in [1.29, 1.82) is 0 Å². The second-order valence-electron chi connectivity index (χ2n) is 10.5. The molecular formula is C31H42N2O3. The summed E-state index contributed by atoms with van der Waals surface area (Å²) in [7, 11) is 3.22. The SMILES string of the molecule is COc1ccc(C(=O)N(C/C(C)=C/c2ccccc2)CC2CCCN2CC2CCCCC2)cc1OC. The first-order valence-corrected chi connectivity index (χ1v) is 13.5. The highest BCUT2D eigenvalue weighted by molar-refractivity contribution is 5.95. The largest absolute Gasteiger partial charge is 0.493 e. The third-order valence-electron chi connectivity index (χ3n) is 7.72. The molecule has 1 saturated carbocycles. The first kappa shape index (κ1) is 26.3. The highest BCUT2D eigenvalue weighted by atomic mass is 16.5. The van der Waals surface area contributed by atoms with Crippen molar-refractivity contribution in [2.24, 2.45) is 5.92 Å². The number of carbonyl (C=O) groups excluding carboxylic acids is 1. The van der Waals surface area contributed by atoms with Crippen LogP contribution in [0.15, 0.2) is 54.1 Å². The maximum absolute atomic E-state index is 13.9. The fourth-order valence-electron chi connectivity index (χ4n) is 5.85. The van der Waals surface area contributed by atoms with Crippen molar-refractivity contribution < 1.29 is 14.3 Å². The summed E-state index contributed by atoms with van der Waals surface area (Å²) in [4.78, 5) is 18.6. The van der Waals surface area contributed by atoms with Crippen molar-refractivity contribution in [2.45, 2.75) is 57.9 Å². The molecule has 4 rings (SSSR count). The van der Waals surface area contributed by atoms with Crippen LogP contribution in [0.25, 0.3) is 6.08 Å². The molecule has 0 radical (unpaired) electrons. The first-order chi connectivity index (χ1) is 17.6. The van der Waals surface area contributed by atoms with Crippen molar-refractivity contribution in [3.05, 3.63) is 65.2 Å². The molecule has 1 amide bonds. The van der Waals surface area contributed by atoms with E-state index in [4.69, 9.17) is 9.47 Å². The van der Waals surface area contributed by atoms with E-state index in [0.717, 1.165) is 31.0 Å². The van der Waals surface area contributed by atoms with E-state index in [9.17, 15) is 4.79 Å². The third kappa shape index (κ3) is 6.91. The first-order valence-electron chi connectivity index (χ1n) is 13.5. The Morgan fingerprint density at radius 1 is 0.972 bits per heavy atom. The molecule has 36 heavy (non-hydrogen) atoms. The van der Waals surface area contributed by atoms with E-state index in [1.54, 1.807) is 20.3 Å². The molecule has 1 aliphatic carbocycles. The predicted octanol–water partition coefficient (Wildman–Crippen LogP) is 6.29. The van der Waals surface area contributed by atoms with Crippen LogP contribution in [0.3, 0.4) is 0 Å². The average Bonchev–Trinajstić information content (AvgIpc) is 3.34. The smallest absolute Gasteiger partial charge is 0.254 e. The van der Waals surface area contributed by atoms with E-state index < -0.39 is 0 Å². The van der Waals surface area contributed by atoms with Gasteiger partial charge in [0.15, 0.2) is 11.5 Å². The van der Waals surface area contributed by atoms with Crippen LogP contribution in [0.1, 0.15) is 67.8 Å². The van der Waals surface area contributed by atoms with Crippen molar-refractivity contribution in [1.82, 2.24) is 9.80 Å². The fourth-order valence-corrected chi connectivity index (χ4v) is 5.85. The molecule has 0 bridgehead atoms. The van der Waals surface area contributed by atoms with Gasteiger partial charge >= 0.3 is 0 Å². The standard InChI is InChI=1S/C31H42N2O3/c1-24(19-25-11-6-4-7-12-25)21-33(31(34)27-16-17-29(35-2)30(20-27)36-3)23-28-15-10-18-32(28)22-26-13-8-5-9-14-26/h4,6-7,11-12,16-17,19-20,26,28H,5,8-10,13-15,18,21-23H2,1-3H3/b24-19+. The molecule has 1 aliphatic heterocycles. The molecule has 5 heteroatoms. The molecule has 0 aromatic heterocycles. The lowest BCUT2D eigenvalue weighted by molar-refractivity contribution is 0.0709. The van der Waals surface area contributed by atoms with Gasteiger partial charge in [-0.05, 0) is 68.8 Å². The summed E-state index contributed by atoms with van der Waals surface area (Å²) in [5.74, 6) is 2.07. The number of hydrogen-bond donors (Lipinski definition) is 0. The lowest BCUT2D eigenvalue weighted by Crippen LogP contribution is -2.45. The van der Waals surface area contributed by atoms with Crippen LogP contribution in [-0.2, 0) is 0 Å². The Morgan fingerprint density at radius 3 is 2.44 bits per heavy atom. The molecule has 1 unspecified atom stereocenters. The number of amides is 1. The van der Waals surface area contributed by atoms with Crippen LogP contribution in [-0.4, -0.2) is 62.1 Å². The van der Waals surface area contributed by atoms with Gasteiger partial charge in [0.05, 0.1) is 14.2 Å². The number of carbonyl (C=O) groups is 1. The Bertz CT molecular complexity index is 1010. The van der Waals surface area contributed by atoms with E-state index in [-0.39, 0.29) is 5.91 Å². The van der Waals surface area contributed by atoms with Crippen LogP contribution in [0, 0.1) is 5.92 Å². The van der Waals surface area contributed by atoms with Crippen LogP contribution < -0.4 is 9.47 Å². The lowest BCUT2D eigenvalue weighted by Gasteiger charge is -2.34. The minimum Gasteiger partial charge on any atom is -0.493 e. The minimum atomic E-state index is 0.0429. The third-order valence-corrected chi connectivity index (χ3v) is 7.72. The maximum Gasteiger partial charge on any atom is 0.254 e. The summed E-state index contributed by atoms with van der Waals surface area (Å²) in [6.45, 7) is 5.81. The number of methoxy groups -OCH3 is 2. The quantitative estimate of drug-likeness (QED) is 0.392. The second kappa shape index (κ2) is 13.0. The zero-order valence-electron chi connectivity index (χ0n) is 22.2. The number of nitrogens with zero attached hydrogens (tertiary/aromatic N) is 2. The molecule has 2 aromatic rings. The van der Waals surface area contributed by atoms with Gasteiger partial charge in [-0.1, -0.05) is 61.2 Å². The van der Waals surface area contributed by atoms with Gasteiger partial charge in [0.1, 0.15) is 0 Å². The highest BCUT2D eigenvalue weighted by Crippen LogP contribution is 2.30. The van der Waals surface area contributed by atoms with Gasteiger partial charge in [-0.2, -0.15) is 0 Å². The van der Waals surface area contributed by atoms with Gasteiger partial charge in [0.2, 0.25) is 0 Å². The van der Waals surface area contributed by atoms with Gasteiger partial charge in [-0.15, -0.1) is 0 Å². The molecule has 2 aliphatic rings. The summed E-state index contributed by atoms with van der Waals surface area (Å²) < 4.78 is 10.9. The Labute approximate surface area is 217 Å². The Balaban J connectivity index is 1.54. The monoisotopic (exact) mass is 490 g/mol. The summed E-state index contributed by atoms with van der Waals surface area (Å²) in [6, 6.07) is 16.2. The van der Waals surface area contributed by atoms with E-state index in [1.165, 1.54) is 50.6 Å². The normalized spacial score (nSPS) is 19.3. The molecular weight excluding hydrogens is 448 g/mol. The number of likely N-dealkylation sites (tertiary alicyclic amines) is 1. The fraction of sp³-hybridized carbons (Fsp3) is 0.516. The van der Waals surface area contributed by atoms with E-state index in [1.807, 2.05) is 35.2 Å². The number of benzene rings is 2. The van der Waals surface area contributed by atoms with E-state index in [0.29, 0.717) is 29.6 Å². The molecule has 5 nitrogen and oxygen atoms in total. The number of hydrogen-bond acceptors (Lipinski definition) is 4. The average molecular weight is 491 g/mol. The van der Waals surface area contributed by atoms with Crippen molar-refractivity contribution in [2.75, 3.05) is 40.4 Å². The summed E-state index contributed by atoms with van der Waals surface area (Å²) in [5, 5.41) is 0. The Morgan fingerprint density at radius 2 is 1.72 bits per heavy atom. The van der Waals surface area contributed by atoms with Gasteiger partial charge in [0, 0.05) is 31.2 Å². The van der Waals surface area contributed by atoms with Crippen molar-refractivity contribution in [3.8, 4) is 11.5 Å². The number of ether oxygens (including phenoxy) is 2. The number of rotatable bonds is 10. The van der Waals surface area contributed by atoms with E-state index in [2.05, 4.69) is 30.0 Å². The molecule has 0 spiro atoms.